The summed E-state index contributed by atoms with van der Waals surface area (Å²) in [5, 5.41) is 2.82. The number of hydrogen-bond donors (Lipinski definition) is 1. The van der Waals surface area contributed by atoms with Crippen LogP contribution in [0.5, 0.6) is 5.75 Å². The van der Waals surface area contributed by atoms with Crippen LogP contribution in [-0.4, -0.2) is 43.6 Å². The molecule has 0 spiro atoms. The Labute approximate surface area is 128 Å². The number of ether oxygens (including phenoxy) is 1. The summed E-state index contributed by atoms with van der Waals surface area (Å²) < 4.78 is 31.8. The van der Waals surface area contributed by atoms with E-state index in [9.17, 15) is 13.6 Å². The Bertz CT molecular complexity index is 480. The van der Waals surface area contributed by atoms with Gasteiger partial charge < -0.3 is 15.0 Å². The van der Waals surface area contributed by atoms with E-state index in [0.717, 1.165) is 6.07 Å². The molecule has 118 valence electrons. The summed E-state index contributed by atoms with van der Waals surface area (Å²) in [6, 6.07) is 3.27. The van der Waals surface area contributed by atoms with Gasteiger partial charge in [-0.05, 0) is 19.2 Å². The van der Waals surface area contributed by atoms with Gasteiger partial charge in [0.15, 0.2) is 11.6 Å². The smallest absolute Gasteiger partial charge is 0.236 e. The number of amides is 1. The Hall–Kier alpha value is -1.40. The molecule has 4 nitrogen and oxygen atoms in total. The second kappa shape index (κ2) is 8.14. The van der Waals surface area contributed by atoms with Crippen molar-refractivity contribution in [3.8, 4) is 5.75 Å². The average Bonchev–Trinajstić information content (AvgIpc) is 2.43. The van der Waals surface area contributed by atoms with Crippen LogP contribution >= 0.6 is 12.4 Å². The predicted octanol–water partition coefficient (Wildman–Crippen LogP) is 1.98. The standard InChI is InChI=1S/C14H18F2N2O2.ClH/c1-17-9-14(19)18-6-4-11(5-7-18)20-13-3-2-10(15)8-12(13)16;/h2-3,8,11,17H,4-7,9H2,1H3;1H. The molecular weight excluding hydrogens is 302 g/mol. The maximum atomic E-state index is 13.5. The first kappa shape index (κ1) is 17.7. The summed E-state index contributed by atoms with van der Waals surface area (Å²) in [7, 11) is 1.73. The number of carbonyl (C=O) groups is 1. The van der Waals surface area contributed by atoms with E-state index in [1.54, 1.807) is 11.9 Å². The van der Waals surface area contributed by atoms with Crippen LogP contribution in [0.1, 0.15) is 12.8 Å². The molecule has 0 radical (unpaired) electrons. The fourth-order valence-corrected chi connectivity index (χ4v) is 2.24. The highest BCUT2D eigenvalue weighted by molar-refractivity contribution is 5.85. The number of carbonyl (C=O) groups excluding carboxylic acids is 1. The third-order valence-electron chi connectivity index (χ3n) is 3.31. The zero-order valence-corrected chi connectivity index (χ0v) is 12.6. The normalized spacial score (nSPS) is 15.5. The van der Waals surface area contributed by atoms with Crippen LogP contribution < -0.4 is 10.1 Å². The molecular formula is C14H19ClF2N2O2. The Morgan fingerprint density at radius 2 is 2.05 bits per heavy atom. The van der Waals surface area contributed by atoms with Gasteiger partial charge in [0.25, 0.3) is 0 Å². The first-order chi connectivity index (χ1) is 9.60. The lowest BCUT2D eigenvalue weighted by Gasteiger charge is -2.32. The topological polar surface area (TPSA) is 41.6 Å². The number of likely N-dealkylation sites (tertiary alicyclic amines) is 1. The third-order valence-corrected chi connectivity index (χ3v) is 3.31. The molecule has 1 heterocycles. The van der Waals surface area contributed by atoms with E-state index >= 15 is 0 Å². The number of benzene rings is 1. The lowest BCUT2D eigenvalue weighted by molar-refractivity contribution is -0.131. The molecule has 1 amide bonds. The highest BCUT2D eigenvalue weighted by Crippen LogP contribution is 2.22. The van der Waals surface area contributed by atoms with Gasteiger partial charge in [0.2, 0.25) is 5.91 Å². The van der Waals surface area contributed by atoms with Gasteiger partial charge in [-0.1, -0.05) is 0 Å². The van der Waals surface area contributed by atoms with Crippen molar-refractivity contribution in [1.29, 1.82) is 0 Å². The van der Waals surface area contributed by atoms with Crippen LogP contribution in [0.4, 0.5) is 8.78 Å². The van der Waals surface area contributed by atoms with Crippen LogP contribution in [0, 0.1) is 11.6 Å². The summed E-state index contributed by atoms with van der Waals surface area (Å²) in [4.78, 5) is 13.4. The van der Waals surface area contributed by atoms with E-state index in [-0.39, 0.29) is 30.2 Å². The van der Waals surface area contributed by atoms with E-state index in [0.29, 0.717) is 32.5 Å². The van der Waals surface area contributed by atoms with Crippen LogP contribution in [0.3, 0.4) is 0 Å². The number of hydrogen-bond acceptors (Lipinski definition) is 3. The minimum absolute atomic E-state index is 0. The molecule has 1 aliphatic heterocycles. The van der Waals surface area contributed by atoms with Crippen molar-refractivity contribution in [3.63, 3.8) is 0 Å². The zero-order valence-electron chi connectivity index (χ0n) is 11.8. The number of nitrogens with zero attached hydrogens (tertiary/aromatic N) is 1. The summed E-state index contributed by atoms with van der Waals surface area (Å²) in [6.45, 7) is 1.50. The van der Waals surface area contributed by atoms with E-state index in [4.69, 9.17) is 4.74 Å². The molecule has 21 heavy (non-hydrogen) atoms. The first-order valence-corrected chi connectivity index (χ1v) is 6.64. The quantitative estimate of drug-likeness (QED) is 0.922. The first-order valence-electron chi connectivity index (χ1n) is 6.64. The number of halogens is 3. The minimum Gasteiger partial charge on any atom is -0.487 e. The molecule has 0 aromatic heterocycles. The number of rotatable bonds is 4. The molecule has 0 bridgehead atoms. The Balaban J connectivity index is 0.00000220. The fourth-order valence-electron chi connectivity index (χ4n) is 2.24. The van der Waals surface area contributed by atoms with Gasteiger partial charge in [0.1, 0.15) is 11.9 Å². The Kier molecular flexibility index (Phi) is 6.84. The van der Waals surface area contributed by atoms with Crippen molar-refractivity contribution >= 4 is 18.3 Å². The maximum Gasteiger partial charge on any atom is 0.236 e. The summed E-state index contributed by atoms with van der Waals surface area (Å²) in [6.07, 6.45) is 1.15. The minimum atomic E-state index is -0.696. The molecule has 0 saturated carbocycles. The SMILES string of the molecule is CNCC(=O)N1CCC(Oc2ccc(F)cc2F)CC1.Cl. The van der Waals surface area contributed by atoms with E-state index in [1.807, 2.05) is 0 Å². The largest absolute Gasteiger partial charge is 0.487 e. The van der Waals surface area contributed by atoms with Crippen LogP contribution in [-0.2, 0) is 4.79 Å². The molecule has 0 aliphatic carbocycles. The van der Waals surface area contributed by atoms with Crippen LogP contribution in [0.2, 0.25) is 0 Å². The van der Waals surface area contributed by atoms with E-state index in [2.05, 4.69) is 5.32 Å². The molecule has 7 heteroatoms. The Morgan fingerprint density at radius 3 is 2.62 bits per heavy atom. The van der Waals surface area contributed by atoms with Gasteiger partial charge in [-0.25, -0.2) is 8.78 Å². The number of nitrogens with one attached hydrogen (secondary N) is 1. The lowest BCUT2D eigenvalue weighted by Crippen LogP contribution is -2.44. The van der Waals surface area contributed by atoms with Crippen molar-refractivity contribution < 1.29 is 18.3 Å². The third kappa shape index (κ3) is 4.82. The molecule has 1 aromatic rings. The van der Waals surface area contributed by atoms with E-state index in [1.165, 1.54) is 12.1 Å². The average molecular weight is 321 g/mol. The molecule has 1 aromatic carbocycles. The predicted molar refractivity (Wildman–Crippen MR) is 77.8 cm³/mol. The van der Waals surface area contributed by atoms with Crippen LogP contribution in [0.25, 0.3) is 0 Å². The molecule has 2 rings (SSSR count). The molecule has 1 aliphatic rings. The molecule has 1 N–H and O–H groups in total. The molecule has 1 fully saturated rings. The van der Waals surface area contributed by atoms with Gasteiger partial charge in [0.05, 0.1) is 6.54 Å². The monoisotopic (exact) mass is 320 g/mol. The summed E-state index contributed by atoms with van der Waals surface area (Å²) >= 11 is 0. The highest BCUT2D eigenvalue weighted by atomic mass is 35.5. The van der Waals surface area contributed by atoms with Gasteiger partial charge >= 0.3 is 0 Å². The second-order valence-electron chi connectivity index (χ2n) is 4.80. The molecule has 0 unspecified atom stereocenters. The van der Waals surface area contributed by atoms with Crippen molar-refractivity contribution in [1.82, 2.24) is 10.2 Å². The Morgan fingerprint density at radius 1 is 1.38 bits per heavy atom. The van der Waals surface area contributed by atoms with Gasteiger partial charge in [-0.15, -0.1) is 12.4 Å². The van der Waals surface area contributed by atoms with Crippen molar-refractivity contribution in [2.75, 3.05) is 26.7 Å². The molecule has 0 atom stereocenters. The zero-order chi connectivity index (χ0) is 14.5. The number of likely N-dealkylation sites (N-methyl/N-ethyl adjacent to an activating group) is 1. The van der Waals surface area contributed by atoms with Crippen molar-refractivity contribution in [3.05, 3.63) is 29.8 Å². The lowest BCUT2D eigenvalue weighted by atomic mass is 10.1. The number of piperidine rings is 1. The summed E-state index contributed by atoms with van der Waals surface area (Å²) in [5.74, 6) is -1.20. The van der Waals surface area contributed by atoms with Crippen LogP contribution in [0.15, 0.2) is 18.2 Å². The second-order valence-corrected chi connectivity index (χ2v) is 4.80. The van der Waals surface area contributed by atoms with Gasteiger partial charge in [-0.3, -0.25) is 4.79 Å². The highest BCUT2D eigenvalue weighted by Gasteiger charge is 2.24. The van der Waals surface area contributed by atoms with Crippen molar-refractivity contribution in [2.24, 2.45) is 0 Å². The van der Waals surface area contributed by atoms with E-state index < -0.39 is 11.6 Å². The summed E-state index contributed by atoms with van der Waals surface area (Å²) in [5.41, 5.74) is 0. The van der Waals surface area contributed by atoms with Gasteiger partial charge in [0, 0.05) is 32.0 Å². The molecule has 1 saturated heterocycles. The fraction of sp³-hybridized carbons (Fsp3) is 0.500. The van der Waals surface area contributed by atoms with Crippen molar-refractivity contribution in [2.45, 2.75) is 18.9 Å². The maximum absolute atomic E-state index is 13.5. The van der Waals surface area contributed by atoms with Gasteiger partial charge in [-0.2, -0.15) is 0 Å².